The SMILES string of the molecule is CCCCCNC(=O)CSc1nnc(CCc2nc3ccccc3[nH]2)o1. The summed E-state index contributed by atoms with van der Waals surface area (Å²) in [6, 6.07) is 7.92. The minimum absolute atomic E-state index is 0.00636. The highest BCUT2D eigenvalue weighted by atomic mass is 32.2. The molecule has 3 rings (SSSR count). The lowest BCUT2D eigenvalue weighted by atomic mass is 10.2. The number of aromatic amines is 1. The van der Waals surface area contributed by atoms with Crippen LogP contribution in [-0.4, -0.2) is 38.4 Å². The first-order valence-corrected chi connectivity index (χ1v) is 9.88. The number of carbonyl (C=O) groups is 1. The predicted molar refractivity (Wildman–Crippen MR) is 101 cm³/mol. The van der Waals surface area contributed by atoms with Gasteiger partial charge >= 0.3 is 0 Å². The molecule has 0 atom stereocenters. The van der Waals surface area contributed by atoms with Gasteiger partial charge in [0.2, 0.25) is 11.8 Å². The minimum Gasteiger partial charge on any atom is -0.416 e. The van der Waals surface area contributed by atoms with Gasteiger partial charge < -0.3 is 14.7 Å². The Morgan fingerprint density at radius 3 is 2.96 bits per heavy atom. The van der Waals surface area contributed by atoms with Gasteiger partial charge in [0.05, 0.1) is 16.8 Å². The molecular formula is C18H23N5O2S. The number of rotatable bonds is 10. The van der Waals surface area contributed by atoms with Crippen molar-refractivity contribution < 1.29 is 9.21 Å². The molecule has 0 aliphatic heterocycles. The number of H-pyrrole nitrogens is 1. The number of benzene rings is 1. The molecule has 7 nitrogen and oxygen atoms in total. The molecule has 0 unspecified atom stereocenters. The van der Waals surface area contributed by atoms with Gasteiger partial charge in [0.15, 0.2) is 0 Å². The van der Waals surface area contributed by atoms with Crippen LogP contribution in [-0.2, 0) is 17.6 Å². The monoisotopic (exact) mass is 373 g/mol. The van der Waals surface area contributed by atoms with Crippen LogP contribution in [0.3, 0.4) is 0 Å². The lowest BCUT2D eigenvalue weighted by Crippen LogP contribution is -2.26. The first-order valence-electron chi connectivity index (χ1n) is 8.90. The van der Waals surface area contributed by atoms with Crippen molar-refractivity contribution in [2.24, 2.45) is 0 Å². The highest BCUT2D eigenvalue weighted by Gasteiger charge is 2.11. The van der Waals surface area contributed by atoms with Crippen molar-refractivity contribution in [2.45, 2.75) is 44.3 Å². The van der Waals surface area contributed by atoms with Crippen molar-refractivity contribution >= 4 is 28.7 Å². The summed E-state index contributed by atoms with van der Waals surface area (Å²) < 4.78 is 5.59. The number of hydrogen-bond donors (Lipinski definition) is 2. The second-order valence-electron chi connectivity index (χ2n) is 6.01. The van der Waals surface area contributed by atoms with Crippen molar-refractivity contribution in [1.82, 2.24) is 25.5 Å². The maximum absolute atomic E-state index is 11.7. The number of thioether (sulfide) groups is 1. The number of nitrogens with one attached hydrogen (secondary N) is 2. The van der Waals surface area contributed by atoms with Gasteiger partial charge in [-0.3, -0.25) is 4.79 Å². The Hall–Kier alpha value is -2.35. The standard InChI is InChI=1S/C18H23N5O2S/c1-2-3-6-11-19-16(24)12-26-18-23-22-17(25-18)10-9-15-20-13-7-4-5-8-14(13)21-15/h4-5,7-8H,2-3,6,9-12H2,1H3,(H,19,24)(H,20,21). The average molecular weight is 373 g/mol. The summed E-state index contributed by atoms with van der Waals surface area (Å²) in [5, 5.41) is 11.3. The van der Waals surface area contributed by atoms with Crippen LogP contribution in [0.2, 0.25) is 0 Å². The number of fused-ring (bicyclic) bond motifs is 1. The van der Waals surface area contributed by atoms with Gasteiger partial charge in [-0.1, -0.05) is 43.7 Å². The molecule has 2 aromatic heterocycles. The fraction of sp³-hybridized carbons (Fsp3) is 0.444. The van der Waals surface area contributed by atoms with Gasteiger partial charge in [-0.05, 0) is 18.6 Å². The number of amides is 1. The number of hydrogen-bond acceptors (Lipinski definition) is 6. The molecular weight excluding hydrogens is 350 g/mol. The second kappa shape index (κ2) is 9.38. The number of carbonyl (C=O) groups excluding carboxylic acids is 1. The van der Waals surface area contributed by atoms with E-state index in [2.05, 4.69) is 32.4 Å². The molecule has 0 spiro atoms. The van der Waals surface area contributed by atoms with E-state index in [-0.39, 0.29) is 11.7 Å². The van der Waals surface area contributed by atoms with Crippen molar-refractivity contribution in [2.75, 3.05) is 12.3 Å². The third-order valence-corrected chi connectivity index (χ3v) is 4.71. The van der Waals surface area contributed by atoms with E-state index in [0.29, 0.717) is 24.0 Å². The van der Waals surface area contributed by atoms with Gasteiger partial charge in [0.1, 0.15) is 5.82 Å². The topological polar surface area (TPSA) is 96.7 Å². The zero-order chi connectivity index (χ0) is 18.2. The molecule has 0 fully saturated rings. The zero-order valence-electron chi connectivity index (χ0n) is 14.8. The number of para-hydroxylation sites is 2. The van der Waals surface area contributed by atoms with E-state index in [9.17, 15) is 4.79 Å². The smallest absolute Gasteiger partial charge is 0.277 e. The Balaban J connectivity index is 1.42. The van der Waals surface area contributed by atoms with E-state index < -0.39 is 0 Å². The summed E-state index contributed by atoms with van der Waals surface area (Å²) in [5.74, 6) is 1.73. The summed E-state index contributed by atoms with van der Waals surface area (Å²) in [6.45, 7) is 2.86. The van der Waals surface area contributed by atoms with Crippen LogP contribution in [0.5, 0.6) is 0 Å². The number of unbranched alkanes of at least 4 members (excludes halogenated alkanes) is 2. The first kappa shape index (κ1) is 18.4. The van der Waals surface area contributed by atoms with Gasteiger partial charge in [0, 0.05) is 19.4 Å². The third kappa shape index (κ3) is 5.32. The summed E-state index contributed by atoms with van der Waals surface area (Å²) in [5.41, 5.74) is 1.98. The lowest BCUT2D eigenvalue weighted by Gasteiger charge is -2.02. The Morgan fingerprint density at radius 1 is 1.23 bits per heavy atom. The number of aryl methyl sites for hydroxylation is 2. The van der Waals surface area contributed by atoms with E-state index in [4.69, 9.17) is 4.42 Å². The van der Waals surface area contributed by atoms with Crippen LogP contribution in [0.4, 0.5) is 0 Å². The van der Waals surface area contributed by atoms with Crippen molar-refractivity contribution in [3.8, 4) is 0 Å². The molecule has 3 aromatic rings. The number of nitrogens with zero attached hydrogens (tertiary/aromatic N) is 3. The van der Waals surface area contributed by atoms with Crippen LogP contribution in [0, 0.1) is 0 Å². The Bertz CT molecular complexity index is 812. The summed E-state index contributed by atoms with van der Waals surface area (Å²) in [6.07, 6.45) is 4.59. The summed E-state index contributed by atoms with van der Waals surface area (Å²) in [4.78, 5) is 19.6. The highest BCUT2D eigenvalue weighted by Crippen LogP contribution is 2.17. The third-order valence-electron chi connectivity index (χ3n) is 3.89. The van der Waals surface area contributed by atoms with E-state index in [1.807, 2.05) is 24.3 Å². The van der Waals surface area contributed by atoms with Crippen molar-refractivity contribution in [3.05, 3.63) is 36.0 Å². The molecule has 0 saturated heterocycles. The van der Waals surface area contributed by atoms with Gasteiger partial charge in [-0.15, -0.1) is 10.2 Å². The minimum atomic E-state index is -0.00636. The molecule has 0 saturated carbocycles. The molecule has 2 heterocycles. The molecule has 8 heteroatoms. The molecule has 1 amide bonds. The van der Waals surface area contributed by atoms with Crippen molar-refractivity contribution in [3.63, 3.8) is 0 Å². The lowest BCUT2D eigenvalue weighted by molar-refractivity contribution is -0.118. The summed E-state index contributed by atoms with van der Waals surface area (Å²) >= 11 is 1.26. The van der Waals surface area contributed by atoms with E-state index in [1.165, 1.54) is 11.8 Å². The Labute approximate surface area is 156 Å². The largest absolute Gasteiger partial charge is 0.416 e. The summed E-state index contributed by atoms with van der Waals surface area (Å²) in [7, 11) is 0. The van der Waals surface area contributed by atoms with Crippen LogP contribution in [0.15, 0.2) is 33.9 Å². The zero-order valence-corrected chi connectivity index (χ0v) is 15.6. The normalized spacial score (nSPS) is 11.1. The van der Waals surface area contributed by atoms with Crippen LogP contribution in [0.1, 0.15) is 37.9 Å². The number of aromatic nitrogens is 4. The molecule has 0 aliphatic carbocycles. The maximum atomic E-state index is 11.7. The molecule has 138 valence electrons. The Morgan fingerprint density at radius 2 is 2.12 bits per heavy atom. The second-order valence-corrected chi connectivity index (χ2v) is 6.93. The molecule has 0 bridgehead atoms. The van der Waals surface area contributed by atoms with Crippen LogP contribution in [0.25, 0.3) is 11.0 Å². The van der Waals surface area contributed by atoms with Gasteiger partial charge in [-0.2, -0.15) is 0 Å². The van der Waals surface area contributed by atoms with Crippen LogP contribution >= 0.6 is 11.8 Å². The van der Waals surface area contributed by atoms with Gasteiger partial charge in [-0.25, -0.2) is 4.98 Å². The molecule has 1 aromatic carbocycles. The van der Waals surface area contributed by atoms with Crippen LogP contribution < -0.4 is 5.32 Å². The molecule has 2 N–H and O–H groups in total. The van der Waals surface area contributed by atoms with E-state index in [0.717, 1.165) is 42.7 Å². The quantitative estimate of drug-likeness (QED) is 0.419. The molecule has 0 aliphatic rings. The first-order chi connectivity index (χ1) is 12.7. The molecule has 0 radical (unpaired) electrons. The molecule has 26 heavy (non-hydrogen) atoms. The maximum Gasteiger partial charge on any atom is 0.277 e. The average Bonchev–Trinajstić information content (AvgIpc) is 3.28. The fourth-order valence-corrected chi connectivity index (χ4v) is 3.14. The van der Waals surface area contributed by atoms with Crippen molar-refractivity contribution in [1.29, 1.82) is 0 Å². The van der Waals surface area contributed by atoms with E-state index >= 15 is 0 Å². The predicted octanol–water partition coefficient (Wildman–Crippen LogP) is 3.13. The fourth-order valence-electron chi connectivity index (χ4n) is 2.53. The van der Waals surface area contributed by atoms with Gasteiger partial charge in [0.25, 0.3) is 5.22 Å². The number of imidazole rings is 1. The van der Waals surface area contributed by atoms with E-state index in [1.54, 1.807) is 0 Å². The Kier molecular flexibility index (Phi) is 6.65. The highest BCUT2D eigenvalue weighted by molar-refractivity contribution is 7.99.